The minimum atomic E-state index is 0.110. The van der Waals surface area contributed by atoms with Crippen molar-refractivity contribution in [3.63, 3.8) is 0 Å². The molecule has 1 saturated heterocycles. The molecule has 1 aliphatic heterocycles. The zero-order chi connectivity index (χ0) is 22.1. The van der Waals surface area contributed by atoms with E-state index >= 15 is 0 Å². The highest BCUT2D eigenvalue weighted by Gasteiger charge is 2.24. The maximum atomic E-state index is 13.4. The zero-order valence-corrected chi connectivity index (χ0v) is 18.8. The van der Waals surface area contributed by atoms with Crippen LogP contribution in [0.5, 0.6) is 5.75 Å². The van der Waals surface area contributed by atoms with Gasteiger partial charge in [-0.1, -0.05) is 41.9 Å². The molecule has 0 spiro atoms. The topological polar surface area (TPSA) is 34.5 Å². The van der Waals surface area contributed by atoms with Crippen LogP contribution < -0.4 is 4.74 Å². The lowest BCUT2D eigenvalue weighted by atomic mass is 10.0. The van der Waals surface area contributed by atoms with Gasteiger partial charge in [-0.3, -0.25) is 4.79 Å². The molecule has 1 aromatic heterocycles. The van der Waals surface area contributed by atoms with Gasteiger partial charge >= 0.3 is 0 Å². The van der Waals surface area contributed by atoms with Crippen LogP contribution in [-0.4, -0.2) is 35.6 Å². The zero-order valence-electron chi connectivity index (χ0n) is 18.1. The van der Waals surface area contributed by atoms with E-state index in [0.717, 1.165) is 65.0 Å². The number of likely N-dealkylation sites (tertiary alicyclic amines) is 1. The molecule has 5 rings (SSSR count). The number of benzene rings is 3. The third-order valence-electron chi connectivity index (χ3n) is 6.19. The average molecular weight is 445 g/mol. The Morgan fingerprint density at radius 1 is 0.906 bits per heavy atom. The second-order valence-electron chi connectivity index (χ2n) is 8.24. The van der Waals surface area contributed by atoms with Gasteiger partial charge in [-0.25, -0.2) is 0 Å². The van der Waals surface area contributed by atoms with Gasteiger partial charge in [0.15, 0.2) is 0 Å². The van der Waals surface area contributed by atoms with Gasteiger partial charge in [0, 0.05) is 35.6 Å². The standard InChI is InChI=1S/C27H25ClN2O2/c1-32-24-11-6-20(7-12-24)21-8-13-25-22(16-21)17-26(27(31)29-14-2-3-15-29)30(25)18-19-4-9-23(28)10-5-19/h4-13,16-17H,2-3,14-15,18H2,1H3. The third kappa shape index (κ3) is 3.98. The number of carbonyl (C=O) groups is 1. The number of aromatic nitrogens is 1. The molecule has 1 amide bonds. The lowest BCUT2D eigenvalue weighted by molar-refractivity contribution is 0.0783. The molecule has 0 atom stereocenters. The molecule has 5 heteroatoms. The Kier molecular flexibility index (Phi) is 5.62. The minimum Gasteiger partial charge on any atom is -0.497 e. The van der Waals surface area contributed by atoms with Crippen LogP contribution in [-0.2, 0) is 6.54 Å². The molecule has 1 aliphatic rings. The first-order chi connectivity index (χ1) is 15.6. The number of rotatable bonds is 5. The summed E-state index contributed by atoms with van der Waals surface area (Å²) in [6.07, 6.45) is 2.15. The van der Waals surface area contributed by atoms with E-state index in [0.29, 0.717) is 11.6 Å². The molecule has 0 unspecified atom stereocenters. The highest BCUT2D eigenvalue weighted by atomic mass is 35.5. The first-order valence-corrected chi connectivity index (χ1v) is 11.3. The fourth-order valence-electron chi connectivity index (χ4n) is 4.44. The lowest BCUT2D eigenvalue weighted by Crippen LogP contribution is -2.29. The van der Waals surface area contributed by atoms with Crippen molar-refractivity contribution in [1.29, 1.82) is 0 Å². The van der Waals surface area contributed by atoms with E-state index in [2.05, 4.69) is 34.9 Å². The second-order valence-corrected chi connectivity index (χ2v) is 8.68. The molecule has 0 saturated carbocycles. The molecular weight excluding hydrogens is 420 g/mol. The summed E-state index contributed by atoms with van der Waals surface area (Å²) >= 11 is 6.08. The van der Waals surface area contributed by atoms with Crippen LogP contribution >= 0.6 is 11.6 Å². The largest absolute Gasteiger partial charge is 0.497 e. The molecule has 2 heterocycles. The number of amides is 1. The summed E-state index contributed by atoms with van der Waals surface area (Å²) < 4.78 is 7.42. The Hall–Kier alpha value is -3.24. The van der Waals surface area contributed by atoms with Crippen molar-refractivity contribution in [2.45, 2.75) is 19.4 Å². The quantitative estimate of drug-likeness (QED) is 0.364. The van der Waals surface area contributed by atoms with E-state index in [1.807, 2.05) is 47.4 Å². The summed E-state index contributed by atoms with van der Waals surface area (Å²) in [5.41, 5.74) is 5.14. The molecule has 0 aliphatic carbocycles. The smallest absolute Gasteiger partial charge is 0.270 e. The van der Waals surface area contributed by atoms with Crippen LogP contribution in [0, 0.1) is 0 Å². The van der Waals surface area contributed by atoms with Gasteiger partial charge in [-0.2, -0.15) is 0 Å². The lowest BCUT2D eigenvalue weighted by Gasteiger charge is -2.17. The van der Waals surface area contributed by atoms with E-state index in [-0.39, 0.29) is 5.91 Å². The molecule has 4 nitrogen and oxygen atoms in total. The molecular formula is C27H25ClN2O2. The molecule has 3 aromatic carbocycles. The minimum absolute atomic E-state index is 0.110. The van der Waals surface area contributed by atoms with Gasteiger partial charge in [-0.15, -0.1) is 0 Å². The van der Waals surface area contributed by atoms with Gasteiger partial charge in [0.2, 0.25) is 0 Å². The van der Waals surface area contributed by atoms with Crippen LogP contribution in [0.3, 0.4) is 0 Å². The molecule has 1 fully saturated rings. The maximum absolute atomic E-state index is 13.4. The summed E-state index contributed by atoms with van der Waals surface area (Å²) in [5.74, 6) is 0.945. The molecule has 4 aromatic rings. The number of carbonyl (C=O) groups excluding carboxylic acids is 1. The van der Waals surface area contributed by atoms with Crippen molar-refractivity contribution >= 4 is 28.4 Å². The summed E-state index contributed by atoms with van der Waals surface area (Å²) in [6, 6.07) is 24.3. The van der Waals surface area contributed by atoms with Crippen LogP contribution in [0.2, 0.25) is 5.02 Å². The summed E-state index contributed by atoms with van der Waals surface area (Å²) in [4.78, 5) is 15.3. The second kappa shape index (κ2) is 8.71. The van der Waals surface area contributed by atoms with Crippen LogP contribution in [0.4, 0.5) is 0 Å². The summed E-state index contributed by atoms with van der Waals surface area (Å²) in [7, 11) is 1.67. The number of fused-ring (bicyclic) bond motifs is 1. The van der Waals surface area contributed by atoms with Crippen molar-refractivity contribution in [3.8, 4) is 16.9 Å². The Bertz CT molecular complexity index is 1250. The van der Waals surface area contributed by atoms with Crippen molar-refractivity contribution in [2.24, 2.45) is 0 Å². The van der Waals surface area contributed by atoms with Gasteiger partial charge in [0.05, 0.1) is 7.11 Å². The van der Waals surface area contributed by atoms with Crippen molar-refractivity contribution in [3.05, 3.63) is 89.1 Å². The normalized spacial score (nSPS) is 13.6. The molecule has 0 bridgehead atoms. The van der Waals surface area contributed by atoms with Crippen molar-refractivity contribution in [2.75, 3.05) is 20.2 Å². The maximum Gasteiger partial charge on any atom is 0.270 e. The number of ether oxygens (including phenoxy) is 1. The van der Waals surface area contributed by atoms with Gasteiger partial charge in [0.1, 0.15) is 11.4 Å². The molecule has 32 heavy (non-hydrogen) atoms. The predicted molar refractivity (Wildman–Crippen MR) is 130 cm³/mol. The van der Waals surface area contributed by atoms with E-state index < -0.39 is 0 Å². The third-order valence-corrected chi connectivity index (χ3v) is 6.44. The number of methoxy groups -OCH3 is 1. The Morgan fingerprint density at radius 3 is 2.28 bits per heavy atom. The molecule has 0 N–H and O–H groups in total. The first kappa shape index (κ1) is 20.7. The summed E-state index contributed by atoms with van der Waals surface area (Å²) in [5, 5.41) is 1.78. The van der Waals surface area contributed by atoms with Crippen LogP contribution in [0.15, 0.2) is 72.8 Å². The Balaban J connectivity index is 1.58. The number of halogens is 1. The van der Waals surface area contributed by atoms with Crippen LogP contribution in [0.1, 0.15) is 28.9 Å². The number of nitrogens with zero attached hydrogens (tertiary/aromatic N) is 2. The molecule has 0 radical (unpaired) electrons. The van der Waals surface area contributed by atoms with Gasteiger partial charge in [-0.05, 0) is 72.0 Å². The van der Waals surface area contributed by atoms with E-state index in [1.54, 1.807) is 7.11 Å². The number of hydrogen-bond acceptors (Lipinski definition) is 2. The van der Waals surface area contributed by atoms with E-state index in [4.69, 9.17) is 16.3 Å². The average Bonchev–Trinajstić information content (AvgIpc) is 3.49. The first-order valence-electron chi connectivity index (χ1n) is 10.9. The SMILES string of the molecule is COc1ccc(-c2ccc3c(c2)cc(C(=O)N2CCCC2)n3Cc2ccc(Cl)cc2)cc1. The van der Waals surface area contributed by atoms with Crippen LogP contribution in [0.25, 0.3) is 22.0 Å². The monoisotopic (exact) mass is 444 g/mol. The van der Waals surface area contributed by atoms with Gasteiger partial charge in [0.25, 0.3) is 5.91 Å². The predicted octanol–water partition coefficient (Wildman–Crippen LogP) is 6.25. The van der Waals surface area contributed by atoms with Gasteiger partial charge < -0.3 is 14.2 Å². The van der Waals surface area contributed by atoms with Crippen molar-refractivity contribution in [1.82, 2.24) is 9.47 Å². The highest BCUT2D eigenvalue weighted by Crippen LogP contribution is 2.30. The van der Waals surface area contributed by atoms with Crippen molar-refractivity contribution < 1.29 is 9.53 Å². The van der Waals surface area contributed by atoms with E-state index in [9.17, 15) is 4.79 Å². The Labute approximate surface area is 193 Å². The summed E-state index contributed by atoms with van der Waals surface area (Å²) in [6.45, 7) is 2.29. The fraction of sp³-hybridized carbons (Fsp3) is 0.222. The highest BCUT2D eigenvalue weighted by molar-refractivity contribution is 6.30. The Morgan fingerprint density at radius 2 is 1.59 bits per heavy atom. The fourth-order valence-corrected chi connectivity index (χ4v) is 4.56. The number of hydrogen-bond donors (Lipinski definition) is 0. The van der Waals surface area contributed by atoms with E-state index in [1.165, 1.54) is 0 Å². The molecule has 162 valence electrons.